The monoisotopic (exact) mass is 494 g/mol. The molecule has 178 valence electrons. The highest BCUT2D eigenvalue weighted by Gasteiger charge is 2.26. The van der Waals surface area contributed by atoms with Crippen LogP contribution in [-0.2, 0) is 30.8 Å². The predicted molar refractivity (Wildman–Crippen MR) is 124 cm³/mol. The lowest BCUT2D eigenvalue weighted by Gasteiger charge is -2.25. The summed E-state index contributed by atoms with van der Waals surface area (Å²) < 4.78 is 31.6. The zero-order valence-corrected chi connectivity index (χ0v) is 20.0. The van der Waals surface area contributed by atoms with Gasteiger partial charge in [0.25, 0.3) is 5.56 Å². The summed E-state index contributed by atoms with van der Waals surface area (Å²) in [5, 5.41) is 2.30. The second-order valence-corrected chi connectivity index (χ2v) is 10.8. The van der Waals surface area contributed by atoms with E-state index in [1.165, 1.54) is 29.6 Å². The number of aromatic amines is 1. The SMILES string of the molecule is COC(=O)Cc1cc(=O)[nH]c(SC(C)C(=O)Nc2ccc(S(=O)(=O)N3CCCCC3)cc2)n1. The number of hydrogen-bond donors (Lipinski definition) is 2. The van der Waals surface area contributed by atoms with Crippen molar-refractivity contribution in [2.45, 2.75) is 47.9 Å². The first kappa shape index (κ1) is 24.9. The third-order valence-electron chi connectivity index (χ3n) is 5.06. The van der Waals surface area contributed by atoms with Crippen LogP contribution in [0, 0.1) is 0 Å². The van der Waals surface area contributed by atoms with E-state index in [-0.39, 0.29) is 28.1 Å². The van der Waals surface area contributed by atoms with E-state index in [2.05, 4.69) is 20.0 Å². The quantitative estimate of drug-likeness (QED) is 0.322. The molecule has 1 aromatic heterocycles. The van der Waals surface area contributed by atoms with Gasteiger partial charge in [0.05, 0.1) is 29.4 Å². The van der Waals surface area contributed by atoms with E-state index < -0.39 is 26.8 Å². The molecule has 2 aromatic rings. The number of thioether (sulfide) groups is 1. The standard InChI is InChI=1S/C21H26N4O6S2/c1-14(32-21-23-16(12-18(26)24-21)13-19(27)31-2)20(28)22-15-6-8-17(9-7-15)33(29,30)25-10-4-3-5-11-25/h6-9,12,14H,3-5,10-11,13H2,1-2H3,(H,22,28)(H,23,24,26). The van der Waals surface area contributed by atoms with Gasteiger partial charge in [0.2, 0.25) is 15.9 Å². The molecule has 0 saturated carbocycles. The molecule has 2 heterocycles. The molecular formula is C21H26N4O6S2. The second-order valence-electron chi connectivity index (χ2n) is 7.53. The van der Waals surface area contributed by atoms with Crippen molar-refractivity contribution in [3.05, 3.63) is 46.4 Å². The van der Waals surface area contributed by atoms with Crippen LogP contribution in [0.4, 0.5) is 5.69 Å². The minimum atomic E-state index is -3.54. The van der Waals surface area contributed by atoms with Crippen LogP contribution in [0.3, 0.4) is 0 Å². The number of hydrogen-bond acceptors (Lipinski definition) is 8. The number of H-pyrrole nitrogens is 1. The first-order chi connectivity index (χ1) is 15.7. The number of ether oxygens (including phenoxy) is 1. The fourth-order valence-electron chi connectivity index (χ4n) is 3.28. The van der Waals surface area contributed by atoms with Gasteiger partial charge in [-0.05, 0) is 44.0 Å². The van der Waals surface area contributed by atoms with E-state index in [1.807, 2.05) is 0 Å². The maximum absolute atomic E-state index is 12.7. The first-order valence-electron chi connectivity index (χ1n) is 10.4. The summed E-state index contributed by atoms with van der Waals surface area (Å²) in [5.74, 6) is -0.881. The number of aromatic nitrogens is 2. The molecule has 1 unspecified atom stereocenters. The van der Waals surface area contributed by atoms with Gasteiger partial charge in [-0.25, -0.2) is 13.4 Å². The summed E-state index contributed by atoms with van der Waals surface area (Å²) in [4.78, 5) is 42.8. The minimum Gasteiger partial charge on any atom is -0.469 e. The van der Waals surface area contributed by atoms with Crippen molar-refractivity contribution in [1.29, 1.82) is 0 Å². The van der Waals surface area contributed by atoms with Crippen molar-refractivity contribution in [3.63, 3.8) is 0 Å². The third kappa shape index (κ3) is 6.65. The Morgan fingerprint density at radius 2 is 1.88 bits per heavy atom. The maximum atomic E-state index is 12.7. The smallest absolute Gasteiger partial charge is 0.311 e. The van der Waals surface area contributed by atoms with Gasteiger partial charge < -0.3 is 15.0 Å². The molecule has 10 nitrogen and oxygen atoms in total. The Labute approximate surface area is 196 Å². The topological polar surface area (TPSA) is 139 Å². The summed E-state index contributed by atoms with van der Waals surface area (Å²) in [6.07, 6.45) is 2.59. The minimum absolute atomic E-state index is 0.152. The molecule has 0 spiro atoms. The number of methoxy groups -OCH3 is 1. The number of rotatable bonds is 8. The van der Waals surface area contributed by atoms with Gasteiger partial charge in [-0.15, -0.1) is 0 Å². The average Bonchev–Trinajstić information content (AvgIpc) is 2.79. The third-order valence-corrected chi connectivity index (χ3v) is 7.96. The van der Waals surface area contributed by atoms with Crippen molar-refractivity contribution in [2.75, 3.05) is 25.5 Å². The molecule has 12 heteroatoms. The molecule has 1 fully saturated rings. The molecule has 33 heavy (non-hydrogen) atoms. The summed E-state index contributed by atoms with van der Waals surface area (Å²) in [7, 11) is -2.30. The van der Waals surface area contributed by atoms with Gasteiger partial charge in [-0.3, -0.25) is 14.4 Å². The summed E-state index contributed by atoms with van der Waals surface area (Å²) in [6.45, 7) is 2.68. The molecule has 0 aliphatic carbocycles. The summed E-state index contributed by atoms with van der Waals surface area (Å²) >= 11 is 1.03. The summed E-state index contributed by atoms with van der Waals surface area (Å²) in [6, 6.07) is 7.25. The zero-order valence-electron chi connectivity index (χ0n) is 18.4. The Hall–Kier alpha value is -2.70. The molecule has 1 aliphatic heterocycles. The Kier molecular flexibility index (Phi) is 8.27. The fourth-order valence-corrected chi connectivity index (χ4v) is 5.63. The number of piperidine rings is 1. The van der Waals surface area contributed by atoms with Crippen LogP contribution >= 0.6 is 11.8 Å². The Balaban J connectivity index is 1.63. The van der Waals surface area contributed by atoms with Crippen molar-refractivity contribution in [3.8, 4) is 0 Å². The van der Waals surface area contributed by atoms with Crippen molar-refractivity contribution >= 4 is 39.3 Å². The van der Waals surface area contributed by atoms with E-state index >= 15 is 0 Å². The normalized spacial score (nSPS) is 15.6. The van der Waals surface area contributed by atoms with Crippen molar-refractivity contribution in [2.24, 2.45) is 0 Å². The van der Waals surface area contributed by atoms with Gasteiger partial charge >= 0.3 is 5.97 Å². The van der Waals surface area contributed by atoms with Crippen molar-refractivity contribution in [1.82, 2.24) is 14.3 Å². The lowest BCUT2D eigenvalue weighted by Crippen LogP contribution is -2.35. The largest absolute Gasteiger partial charge is 0.469 e. The number of carbonyl (C=O) groups excluding carboxylic acids is 2. The average molecular weight is 495 g/mol. The van der Waals surface area contributed by atoms with Crippen LogP contribution in [0.1, 0.15) is 31.9 Å². The number of nitrogens with zero attached hydrogens (tertiary/aromatic N) is 2. The number of nitrogens with one attached hydrogen (secondary N) is 2. The molecule has 1 saturated heterocycles. The fraction of sp³-hybridized carbons (Fsp3) is 0.429. The molecule has 1 amide bonds. The molecule has 3 rings (SSSR count). The molecule has 0 bridgehead atoms. The second kappa shape index (κ2) is 10.9. The van der Waals surface area contributed by atoms with Gasteiger partial charge in [0.15, 0.2) is 5.16 Å². The van der Waals surface area contributed by atoms with Gasteiger partial charge in [-0.2, -0.15) is 4.31 Å². The van der Waals surface area contributed by atoms with Crippen LogP contribution in [0.25, 0.3) is 0 Å². The Morgan fingerprint density at radius 1 is 1.21 bits per heavy atom. The molecule has 1 aromatic carbocycles. The molecule has 2 N–H and O–H groups in total. The number of benzene rings is 1. The number of carbonyl (C=O) groups is 2. The number of sulfonamides is 1. The maximum Gasteiger partial charge on any atom is 0.311 e. The molecular weight excluding hydrogens is 468 g/mol. The van der Waals surface area contributed by atoms with Crippen LogP contribution in [0.2, 0.25) is 0 Å². The number of anilines is 1. The highest BCUT2D eigenvalue weighted by Crippen LogP contribution is 2.23. The van der Waals surface area contributed by atoms with E-state index in [9.17, 15) is 22.8 Å². The molecule has 0 radical (unpaired) electrons. The molecule has 1 atom stereocenters. The van der Waals surface area contributed by atoms with Gasteiger partial charge in [0.1, 0.15) is 0 Å². The number of esters is 1. The Morgan fingerprint density at radius 3 is 2.52 bits per heavy atom. The van der Waals surface area contributed by atoms with E-state index in [4.69, 9.17) is 0 Å². The van der Waals surface area contributed by atoms with Crippen LogP contribution in [-0.4, -0.2) is 60.0 Å². The lowest BCUT2D eigenvalue weighted by molar-refractivity contribution is -0.139. The van der Waals surface area contributed by atoms with E-state index in [0.29, 0.717) is 18.8 Å². The summed E-state index contributed by atoms with van der Waals surface area (Å²) in [5.41, 5.74) is 0.252. The van der Waals surface area contributed by atoms with E-state index in [0.717, 1.165) is 31.0 Å². The first-order valence-corrected chi connectivity index (χ1v) is 12.8. The van der Waals surface area contributed by atoms with Gasteiger partial charge in [0, 0.05) is 24.8 Å². The van der Waals surface area contributed by atoms with Gasteiger partial charge in [-0.1, -0.05) is 18.2 Å². The predicted octanol–water partition coefficient (Wildman–Crippen LogP) is 1.78. The molecule has 1 aliphatic rings. The van der Waals surface area contributed by atoms with Crippen molar-refractivity contribution < 1.29 is 22.7 Å². The zero-order chi connectivity index (χ0) is 24.0. The Bertz CT molecular complexity index is 1160. The van der Waals surface area contributed by atoms with Crippen LogP contribution in [0.5, 0.6) is 0 Å². The lowest BCUT2D eigenvalue weighted by atomic mass is 10.2. The van der Waals surface area contributed by atoms with Crippen LogP contribution in [0.15, 0.2) is 45.2 Å². The van der Waals surface area contributed by atoms with E-state index in [1.54, 1.807) is 19.1 Å². The highest BCUT2D eigenvalue weighted by molar-refractivity contribution is 8.00. The number of amides is 1. The highest BCUT2D eigenvalue weighted by atomic mass is 32.2. The van der Waals surface area contributed by atoms with Crippen LogP contribution < -0.4 is 10.9 Å².